The number of thioether (sulfide) groups is 3. The fraction of sp³-hybridized carbons (Fsp3) is 0.181. The van der Waals surface area contributed by atoms with Gasteiger partial charge in [-0.25, -0.2) is 14.4 Å². The average Bonchev–Trinajstić information content (AvgIpc) is 1.60. The molecule has 0 unspecified atom stereocenters. The number of nitrogens with zero attached hydrogens (tertiary/aromatic N) is 4. The molecule has 0 aliphatic carbocycles. The summed E-state index contributed by atoms with van der Waals surface area (Å²) in [5, 5.41) is 14.9. The zero-order valence-electron chi connectivity index (χ0n) is 65.4. The molecule has 0 atom stereocenters. The molecule has 0 amide bonds. The summed E-state index contributed by atoms with van der Waals surface area (Å²) in [4.78, 5) is 124. The monoisotopic (exact) mass is 1670 g/mol. The maximum Gasteiger partial charge on any atom is 0.340 e. The van der Waals surface area contributed by atoms with Crippen LogP contribution in [0.2, 0.25) is 10.0 Å². The summed E-state index contributed by atoms with van der Waals surface area (Å²) < 4.78 is 2.18. The number of carbonyl (C=O) groups is 8. The Morgan fingerprint density at radius 2 is 0.733 bits per heavy atom. The molecular weight excluding hydrogens is 1590 g/mol. The molecule has 1 aromatic heterocycles. The van der Waals surface area contributed by atoms with Crippen LogP contribution in [0.3, 0.4) is 0 Å². The third-order valence-corrected chi connectivity index (χ3v) is 23.6. The van der Waals surface area contributed by atoms with Crippen molar-refractivity contribution in [1.82, 2.24) is 4.57 Å². The number of hydrogen-bond acceptors (Lipinski definition) is 19. The lowest BCUT2D eigenvalue weighted by Gasteiger charge is -2.14. The molecule has 116 heavy (non-hydrogen) atoms. The van der Waals surface area contributed by atoms with Gasteiger partial charge in [0.15, 0.2) is 11.6 Å². The molecule has 15 nitrogen and oxygen atoms in total. The highest BCUT2D eigenvalue weighted by Crippen LogP contribution is 2.35. The number of ketones is 5. The van der Waals surface area contributed by atoms with Crippen molar-refractivity contribution in [1.29, 1.82) is 0 Å². The summed E-state index contributed by atoms with van der Waals surface area (Å²) in [6.07, 6.45) is 1.00. The van der Waals surface area contributed by atoms with Crippen molar-refractivity contribution in [3.8, 4) is 0 Å². The van der Waals surface area contributed by atoms with Crippen molar-refractivity contribution in [2.24, 2.45) is 20.9 Å². The SMILES string of the molecule is CC(=O)O/N=C(\CCSc1ccc(Cl)cc1)C(=O)c1ccc(Sc2ccccc2)cc1.CC(C)(C)C(=O)O/N=C(\CCSc1ccc(Cl)cc1)C(=O)c1ccc(Sc2ccc(C(=O)c3ccccc3)cc2)cc1.CCn1c2ccc(C(=O)/C(CCSc3c(C)cccc3C)=N/OC(C)=O)cc2c2cc(C(=O)c3ccccc3C)ccc21. The molecule has 0 fully saturated rings. The van der Waals surface area contributed by atoms with E-state index in [1.54, 1.807) is 110 Å². The number of hydrogen-bond donors (Lipinski definition) is 0. The molecule has 12 rings (SSSR count). The highest BCUT2D eigenvalue weighted by molar-refractivity contribution is 8.00. The Labute approximate surface area is 706 Å². The Hall–Kier alpha value is -10.7. The van der Waals surface area contributed by atoms with Crippen LogP contribution in [0.15, 0.2) is 311 Å². The lowest BCUT2D eigenvalue weighted by atomic mass is 9.97. The van der Waals surface area contributed by atoms with E-state index in [1.165, 1.54) is 41.6 Å². The third kappa shape index (κ3) is 25.2. The summed E-state index contributed by atoms with van der Waals surface area (Å²) in [5.41, 5.74) is 8.98. The Balaban J connectivity index is 0.000000186. The fourth-order valence-corrected chi connectivity index (χ4v) is 16.4. The first-order chi connectivity index (χ1) is 55.8. The number of halogens is 2. The Morgan fingerprint density at radius 3 is 1.18 bits per heavy atom. The predicted molar refractivity (Wildman–Crippen MR) is 473 cm³/mol. The normalized spacial score (nSPS) is 11.6. The Kier molecular flexibility index (Phi) is 32.4. The van der Waals surface area contributed by atoms with Gasteiger partial charge >= 0.3 is 17.9 Å². The van der Waals surface area contributed by atoms with Crippen LogP contribution < -0.4 is 0 Å². The minimum absolute atomic E-state index is 0.0211. The van der Waals surface area contributed by atoms with Gasteiger partial charge in [-0.05, 0) is 235 Å². The largest absolute Gasteiger partial charge is 0.341 e. The van der Waals surface area contributed by atoms with Crippen LogP contribution in [-0.4, -0.2) is 85.8 Å². The molecule has 0 radical (unpaired) electrons. The lowest BCUT2D eigenvalue weighted by molar-refractivity contribution is -0.153. The van der Waals surface area contributed by atoms with Gasteiger partial charge in [-0.2, -0.15) is 0 Å². The second-order valence-electron chi connectivity index (χ2n) is 27.5. The third-order valence-electron chi connectivity index (χ3n) is 17.7. The van der Waals surface area contributed by atoms with Crippen LogP contribution in [0.25, 0.3) is 21.8 Å². The minimum Gasteiger partial charge on any atom is -0.341 e. The van der Waals surface area contributed by atoms with Gasteiger partial charge < -0.3 is 19.1 Å². The minimum atomic E-state index is -0.748. The first-order valence-electron chi connectivity index (χ1n) is 37.1. The van der Waals surface area contributed by atoms with Gasteiger partial charge in [-0.1, -0.05) is 153 Å². The summed E-state index contributed by atoms with van der Waals surface area (Å²) in [7, 11) is 0. The lowest BCUT2D eigenvalue weighted by Crippen LogP contribution is -2.23. The fourth-order valence-electron chi connectivity index (χ4n) is 11.7. The first-order valence-corrected chi connectivity index (χ1v) is 42.5. The number of Topliss-reactive ketones (excluding diaryl/α,β-unsaturated/α-hetero) is 3. The molecule has 0 aliphatic heterocycles. The van der Waals surface area contributed by atoms with E-state index in [0.29, 0.717) is 85.5 Å². The second kappa shape index (κ2) is 42.8. The summed E-state index contributed by atoms with van der Waals surface area (Å²) in [5.74, 6) is -0.802. The van der Waals surface area contributed by atoms with Crippen LogP contribution in [-0.2, 0) is 35.4 Å². The van der Waals surface area contributed by atoms with Gasteiger partial charge in [0.2, 0.25) is 17.3 Å². The molecule has 22 heteroatoms. The van der Waals surface area contributed by atoms with Gasteiger partial charge in [0, 0.05) is 162 Å². The van der Waals surface area contributed by atoms with Crippen molar-refractivity contribution in [2.45, 2.75) is 122 Å². The highest BCUT2D eigenvalue weighted by Gasteiger charge is 2.26. The Morgan fingerprint density at radius 1 is 0.371 bits per heavy atom. The number of aryl methyl sites for hydroxylation is 4. The van der Waals surface area contributed by atoms with E-state index in [9.17, 15) is 38.4 Å². The zero-order valence-corrected chi connectivity index (χ0v) is 70.9. The number of rotatable bonds is 30. The predicted octanol–water partition coefficient (Wildman–Crippen LogP) is 24.1. The van der Waals surface area contributed by atoms with Crippen molar-refractivity contribution >= 4 is 168 Å². The molecule has 0 spiro atoms. The number of aromatic nitrogens is 1. The van der Waals surface area contributed by atoms with Crippen LogP contribution in [0, 0.1) is 26.2 Å². The molecule has 12 aromatic rings. The van der Waals surface area contributed by atoms with E-state index < -0.39 is 23.3 Å². The summed E-state index contributed by atoms with van der Waals surface area (Å²) in [6.45, 7) is 16.6. The van der Waals surface area contributed by atoms with Gasteiger partial charge in [0.25, 0.3) is 0 Å². The van der Waals surface area contributed by atoms with Crippen molar-refractivity contribution in [3.05, 3.63) is 327 Å². The standard InChI is InChI=1S/C36H34N2O4S.C34H30ClNO4S2.C24H20ClNO3S2/c1-6-38-32-16-14-26(34(40)28-13-8-7-10-22(28)2)20-29(32)30-21-27(15-17-33(30)38)35(41)31(37-42-25(5)39)18-19-43-36-23(3)11-9-12-24(36)4;1-34(2,3)33(39)40-36-30(21-22-41-27-19-13-26(35)14-20-27)32(38)25-11-17-29(18-12-25)42-28-15-9-24(10-16-28)31(37)23-7-5-4-6-8-23;1-17(27)29-26-23(15-16-30-20-13-9-19(25)10-14-20)24(28)18-7-11-22(12-8-18)31-21-5-3-2-4-6-21/h7-17,20-21H,6,18-19H2,1-5H3;4-20H,21-22H2,1-3H3;2-14H,15-16H2,1H3/b37-31+;36-30+;26-23+. The first kappa shape index (κ1) is 87.7. The van der Waals surface area contributed by atoms with Crippen LogP contribution in [0.1, 0.15) is 140 Å². The van der Waals surface area contributed by atoms with Gasteiger partial charge in [-0.15, -0.1) is 35.3 Å². The molecular formula is C94H84Cl2N4O11S5. The molecule has 0 N–H and O–H groups in total. The molecule has 1 heterocycles. The van der Waals surface area contributed by atoms with E-state index in [-0.39, 0.29) is 46.1 Å². The molecule has 0 bridgehead atoms. The Bertz CT molecular complexity index is 5600. The van der Waals surface area contributed by atoms with Crippen molar-refractivity contribution < 1.29 is 52.9 Å². The van der Waals surface area contributed by atoms with E-state index in [1.807, 2.05) is 213 Å². The van der Waals surface area contributed by atoms with Gasteiger partial charge in [0.1, 0.15) is 17.1 Å². The number of carbonyl (C=O) groups excluding carboxylic acids is 8. The highest BCUT2D eigenvalue weighted by atomic mass is 35.5. The topological polar surface area (TPSA) is 206 Å². The maximum atomic E-state index is 13.8. The van der Waals surface area contributed by atoms with Crippen molar-refractivity contribution in [2.75, 3.05) is 17.3 Å². The molecule has 0 saturated carbocycles. The number of fused-ring (bicyclic) bond motifs is 3. The van der Waals surface area contributed by atoms with E-state index in [2.05, 4.69) is 52.9 Å². The molecule has 0 saturated heterocycles. The zero-order chi connectivity index (χ0) is 82.8. The van der Waals surface area contributed by atoms with Crippen LogP contribution in [0.5, 0.6) is 0 Å². The van der Waals surface area contributed by atoms with Crippen molar-refractivity contribution in [3.63, 3.8) is 0 Å². The number of oxime groups is 3. The van der Waals surface area contributed by atoms with E-state index in [4.69, 9.17) is 37.7 Å². The number of benzene rings is 11. The molecule has 590 valence electrons. The smallest absolute Gasteiger partial charge is 0.340 e. The van der Waals surface area contributed by atoms with Crippen LogP contribution >= 0.6 is 82.0 Å². The van der Waals surface area contributed by atoms with Crippen LogP contribution in [0.4, 0.5) is 0 Å². The van der Waals surface area contributed by atoms with Gasteiger partial charge in [-0.3, -0.25) is 24.0 Å². The second-order valence-corrected chi connectivity index (χ2v) is 34.1. The molecule has 11 aromatic carbocycles. The van der Waals surface area contributed by atoms with Gasteiger partial charge in [0.05, 0.1) is 5.41 Å². The maximum absolute atomic E-state index is 13.8. The van der Waals surface area contributed by atoms with E-state index in [0.717, 1.165) is 63.3 Å². The summed E-state index contributed by atoms with van der Waals surface area (Å²) in [6, 6.07) is 81.2. The molecule has 0 aliphatic rings. The average molecular weight is 1680 g/mol. The van der Waals surface area contributed by atoms with E-state index >= 15 is 0 Å². The quantitative estimate of drug-likeness (QED) is 0.0135. The summed E-state index contributed by atoms with van der Waals surface area (Å²) >= 11 is 19.8.